The maximum absolute atomic E-state index is 5.54. The quantitative estimate of drug-likeness (QED) is 0.517. The smallest absolute Gasteiger partial charge is 0.139 e. The van der Waals surface area contributed by atoms with Crippen LogP contribution in [-0.2, 0) is 4.74 Å². The van der Waals surface area contributed by atoms with Crippen molar-refractivity contribution in [3.05, 3.63) is 12.3 Å². The van der Waals surface area contributed by atoms with E-state index < -0.39 is 8.07 Å². The normalized spacial score (nSPS) is 16.4. The van der Waals surface area contributed by atoms with E-state index in [-0.39, 0.29) is 0 Å². The van der Waals surface area contributed by atoms with Gasteiger partial charge in [-0.3, -0.25) is 0 Å². The first-order valence-corrected chi connectivity index (χ1v) is 8.82. The Morgan fingerprint density at radius 1 is 1.43 bits per heavy atom. The summed E-state index contributed by atoms with van der Waals surface area (Å²) in [4.78, 5) is 0. The highest BCUT2D eigenvalue weighted by atomic mass is 28.3. The molecule has 1 aliphatic heterocycles. The van der Waals surface area contributed by atoms with Crippen molar-refractivity contribution >= 4 is 14.3 Å². The van der Waals surface area contributed by atoms with Crippen LogP contribution in [0.1, 0.15) is 6.42 Å². The number of allylic oxidation sites excluding steroid dienone is 1. The molecule has 3 nitrogen and oxygen atoms in total. The predicted octanol–water partition coefficient (Wildman–Crippen LogP) is 2.50. The Morgan fingerprint density at radius 2 is 2.21 bits per heavy atom. The summed E-state index contributed by atoms with van der Waals surface area (Å²) in [5.74, 6) is 0. The van der Waals surface area contributed by atoms with Crippen LogP contribution in [0.25, 0.3) is 0 Å². The van der Waals surface area contributed by atoms with Gasteiger partial charge in [0, 0.05) is 33.5 Å². The second-order valence-electron chi connectivity index (χ2n) is 4.71. The number of hydrazone groups is 1. The first-order valence-electron chi connectivity index (χ1n) is 5.11. The summed E-state index contributed by atoms with van der Waals surface area (Å²) in [6.07, 6.45) is 6.87. The van der Waals surface area contributed by atoms with Crippen LogP contribution in [0.2, 0.25) is 25.7 Å². The van der Waals surface area contributed by atoms with E-state index in [4.69, 9.17) is 4.74 Å². The van der Waals surface area contributed by atoms with E-state index in [1.807, 2.05) is 17.4 Å². The Hall–Kier alpha value is -0.613. The second kappa shape index (κ2) is 5.31. The minimum Gasteiger partial charge on any atom is -0.360 e. The molecule has 4 heteroatoms. The minimum atomic E-state index is -0.944. The Bertz CT molecular complexity index is 209. The zero-order valence-electron chi connectivity index (χ0n) is 9.36. The van der Waals surface area contributed by atoms with E-state index in [1.54, 1.807) is 0 Å². The van der Waals surface area contributed by atoms with Crippen LogP contribution in [0, 0.1) is 0 Å². The lowest BCUT2D eigenvalue weighted by Gasteiger charge is -2.19. The fourth-order valence-corrected chi connectivity index (χ4v) is 1.80. The number of nitrogens with zero attached hydrogens (tertiary/aromatic N) is 2. The monoisotopic (exact) mass is 212 g/mol. The van der Waals surface area contributed by atoms with Crippen LogP contribution in [-0.4, -0.2) is 32.6 Å². The summed E-state index contributed by atoms with van der Waals surface area (Å²) in [6.45, 7) is 8.51. The first-order chi connectivity index (χ1) is 6.58. The van der Waals surface area contributed by atoms with Gasteiger partial charge >= 0.3 is 0 Å². The molecule has 1 heterocycles. The molecule has 0 aromatic carbocycles. The molecule has 0 N–H and O–H groups in total. The first kappa shape index (κ1) is 11.5. The van der Waals surface area contributed by atoms with Gasteiger partial charge < -0.3 is 4.74 Å². The van der Waals surface area contributed by atoms with Crippen LogP contribution < -0.4 is 0 Å². The molecule has 0 aromatic heterocycles. The Morgan fingerprint density at radius 3 is 2.79 bits per heavy atom. The molecular formula is C10H20N2OSi. The van der Waals surface area contributed by atoms with Crippen LogP contribution in [0.4, 0.5) is 0 Å². The lowest BCUT2D eigenvalue weighted by molar-refractivity contribution is 0.0631. The van der Waals surface area contributed by atoms with Crippen molar-refractivity contribution in [2.24, 2.45) is 5.10 Å². The van der Waals surface area contributed by atoms with Gasteiger partial charge in [-0.25, -0.2) is 5.01 Å². The maximum Gasteiger partial charge on any atom is 0.139 e. The number of rotatable bonds is 5. The van der Waals surface area contributed by atoms with E-state index in [0.29, 0.717) is 6.73 Å². The Balaban J connectivity index is 2.06. The SMILES string of the molecule is C[Si](C)(C)CCOCN1C=CCC=N1. The summed E-state index contributed by atoms with van der Waals surface area (Å²) >= 11 is 0. The van der Waals surface area contributed by atoms with Gasteiger partial charge in [0.05, 0.1) is 0 Å². The molecule has 0 aromatic rings. The molecule has 0 unspecified atom stereocenters. The van der Waals surface area contributed by atoms with Crippen molar-refractivity contribution in [1.29, 1.82) is 0 Å². The zero-order valence-corrected chi connectivity index (χ0v) is 10.4. The summed E-state index contributed by atoms with van der Waals surface area (Å²) in [6, 6.07) is 1.22. The van der Waals surface area contributed by atoms with Gasteiger partial charge in [-0.2, -0.15) is 5.10 Å². The molecule has 0 saturated carbocycles. The minimum absolute atomic E-state index is 0.581. The molecule has 1 aliphatic rings. The van der Waals surface area contributed by atoms with Gasteiger partial charge in [0.25, 0.3) is 0 Å². The topological polar surface area (TPSA) is 24.8 Å². The highest BCUT2D eigenvalue weighted by Crippen LogP contribution is 2.08. The molecule has 0 bridgehead atoms. The summed E-state index contributed by atoms with van der Waals surface area (Å²) in [5.41, 5.74) is 0. The van der Waals surface area contributed by atoms with Crippen molar-refractivity contribution in [1.82, 2.24) is 5.01 Å². The molecule has 0 amide bonds. The van der Waals surface area contributed by atoms with Crippen LogP contribution >= 0.6 is 0 Å². The highest BCUT2D eigenvalue weighted by molar-refractivity contribution is 6.76. The van der Waals surface area contributed by atoms with Gasteiger partial charge in [0.1, 0.15) is 6.73 Å². The molecule has 1 rings (SSSR count). The predicted molar refractivity (Wildman–Crippen MR) is 63.1 cm³/mol. The lowest BCUT2D eigenvalue weighted by atomic mass is 10.4. The maximum atomic E-state index is 5.54. The summed E-state index contributed by atoms with van der Waals surface area (Å²) in [7, 11) is -0.944. The fraction of sp³-hybridized carbons (Fsp3) is 0.700. The molecule has 0 saturated heterocycles. The molecule has 0 radical (unpaired) electrons. The number of ether oxygens (including phenoxy) is 1. The molecular weight excluding hydrogens is 192 g/mol. The third-order valence-corrected chi connectivity index (χ3v) is 3.67. The Kier molecular flexibility index (Phi) is 4.35. The molecule has 0 aliphatic carbocycles. The molecule has 0 atom stereocenters. The molecule has 0 fully saturated rings. The largest absolute Gasteiger partial charge is 0.360 e. The molecule has 0 spiro atoms. The van der Waals surface area contributed by atoms with Gasteiger partial charge in [-0.1, -0.05) is 25.7 Å². The van der Waals surface area contributed by atoms with E-state index in [0.717, 1.165) is 13.0 Å². The van der Waals surface area contributed by atoms with Gasteiger partial charge in [0.15, 0.2) is 0 Å². The van der Waals surface area contributed by atoms with E-state index in [2.05, 4.69) is 30.8 Å². The fourth-order valence-electron chi connectivity index (χ4n) is 1.05. The third kappa shape index (κ3) is 5.19. The van der Waals surface area contributed by atoms with Crippen molar-refractivity contribution in [2.75, 3.05) is 13.3 Å². The van der Waals surface area contributed by atoms with Crippen molar-refractivity contribution in [2.45, 2.75) is 32.1 Å². The number of hydrogen-bond donors (Lipinski definition) is 0. The van der Waals surface area contributed by atoms with Gasteiger partial charge in [0.2, 0.25) is 0 Å². The van der Waals surface area contributed by atoms with Crippen molar-refractivity contribution in [3.63, 3.8) is 0 Å². The van der Waals surface area contributed by atoms with Gasteiger partial charge in [-0.15, -0.1) is 0 Å². The average molecular weight is 212 g/mol. The average Bonchev–Trinajstić information content (AvgIpc) is 2.13. The van der Waals surface area contributed by atoms with Crippen LogP contribution in [0.5, 0.6) is 0 Å². The molecule has 14 heavy (non-hydrogen) atoms. The zero-order chi connectivity index (χ0) is 10.4. The second-order valence-corrected chi connectivity index (χ2v) is 10.3. The third-order valence-electron chi connectivity index (χ3n) is 1.97. The standard InChI is InChI=1S/C10H20N2OSi/c1-14(2,3)9-8-13-10-12-7-5-4-6-11-12/h5-7H,4,8-10H2,1-3H3. The summed E-state index contributed by atoms with van der Waals surface area (Å²) in [5, 5.41) is 6.00. The van der Waals surface area contributed by atoms with Crippen molar-refractivity contribution in [3.8, 4) is 0 Å². The van der Waals surface area contributed by atoms with Crippen molar-refractivity contribution < 1.29 is 4.74 Å². The van der Waals surface area contributed by atoms with Gasteiger partial charge in [-0.05, 0) is 6.04 Å². The van der Waals surface area contributed by atoms with E-state index >= 15 is 0 Å². The Labute approximate surface area is 87.4 Å². The lowest BCUT2D eigenvalue weighted by Crippen LogP contribution is -2.24. The highest BCUT2D eigenvalue weighted by Gasteiger charge is 2.12. The van der Waals surface area contributed by atoms with Crippen LogP contribution in [0.3, 0.4) is 0 Å². The summed E-state index contributed by atoms with van der Waals surface area (Å²) < 4.78 is 5.54. The number of hydrogen-bond acceptors (Lipinski definition) is 3. The molecule has 80 valence electrons. The van der Waals surface area contributed by atoms with E-state index in [9.17, 15) is 0 Å². The van der Waals surface area contributed by atoms with Crippen LogP contribution in [0.15, 0.2) is 17.4 Å². The van der Waals surface area contributed by atoms with E-state index in [1.165, 1.54) is 6.04 Å².